The normalized spacial score (nSPS) is 10.2. The highest BCUT2D eigenvalue weighted by molar-refractivity contribution is 5.77. The van der Waals surface area contributed by atoms with Gasteiger partial charge < -0.3 is 0 Å². The van der Waals surface area contributed by atoms with Crippen molar-refractivity contribution in [3.8, 4) is 22.3 Å². The lowest BCUT2D eigenvalue weighted by Gasteiger charge is -2.12. The van der Waals surface area contributed by atoms with Crippen molar-refractivity contribution < 1.29 is 13.7 Å². The molecule has 0 atom stereocenters. The zero-order chi connectivity index (χ0) is 20.7. The predicted octanol–water partition coefficient (Wildman–Crippen LogP) is 7.19. The number of nitrogens with zero attached hydrogens (tertiary/aromatic N) is 1. The molecular formula is C23H23F2NO2. The van der Waals surface area contributed by atoms with Crippen LogP contribution in [-0.4, -0.2) is 4.92 Å². The number of nitro groups is 1. The van der Waals surface area contributed by atoms with Crippen LogP contribution in [0.2, 0.25) is 0 Å². The van der Waals surface area contributed by atoms with E-state index in [4.69, 9.17) is 0 Å². The van der Waals surface area contributed by atoms with Crippen molar-refractivity contribution in [2.45, 2.75) is 33.6 Å². The van der Waals surface area contributed by atoms with Crippen molar-refractivity contribution in [3.05, 3.63) is 88.0 Å². The first-order valence-electron chi connectivity index (χ1n) is 9.34. The van der Waals surface area contributed by atoms with Crippen LogP contribution < -0.4 is 0 Å². The van der Waals surface area contributed by atoms with Crippen LogP contribution in [0.5, 0.6) is 0 Å². The number of aryl methyl sites for hydroxylation is 1. The van der Waals surface area contributed by atoms with Crippen LogP contribution in [0, 0.1) is 21.7 Å². The number of nitro benzene ring substituents is 1. The highest BCUT2D eigenvalue weighted by atomic mass is 19.1. The Labute approximate surface area is 163 Å². The van der Waals surface area contributed by atoms with Gasteiger partial charge in [-0.25, -0.2) is 8.78 Å². The minimum atomic E-state index is -0.693. The van der Waals surface area contributed by atoms with E-state index in [0.717, 1.165) is 30.5 Å². The molecule has 0 aromatic heterocycles. The fraction of sp³-hybridized carbons (Fsp3) is 0.217. The van der Waals surface area contributed by atoms with Crippen molar-refractivity contribution >= 4 is 5.69 Å². The van der Waals surface area contributed by atoms with Crippen LogP contribution in [0.3, 0.4) is 0 Å². The number of hydrogen-bond donors (Lipinski definition) is 0. The van der Waals surface area contributed by atoms with Gasteiger partial charge in [0.1, 0.15) is 11.6 Å². The summed E-state index contributed by atoms with van der Waals surface area (Å²) < 4.78 is 29.6. The molecule has 0 aliphatic carbocycles. The second-order valence-electron chi connectivity index (χ2n) is 5.99. The van der Waals surface area contributed by atoms with Gasteiger partial charge in [-0.2, -0.15) is 0 Å². The van der Waals surface area contributed by atoms with Crippen LogP contribution in [0.25, 0.3) is 22.3 Å². The number of para-hydroxylation sites is 1. The Hall–Kier alpha value is -3.08. The number of benzene rings is 3. The first kappa shape index (κ1) is 21.2. The van der Waals surface area contributed by atoms with Gasteiger partial charge in [-0.15, -0.1) is 0 Å². The second-order valence-corrected chi connectivity index (χ2v) is 5.99. The summed E-state index contributed by atoms with van der Waals surface area (Å²) in [4.78, 5) is 10.6. The van der Waals surface area contributed by atoms with Gasteiger partial charge in [-0.1, -0.05) is 63.6 Å². The summed E-state index contributed by atoms with van der Waals surface area (Å²) in [5.41, 5.74) is 1.42. The minimum absolute atomic E-state index is 0.0577. The van der Waals surface area contributed by atoms with E-state index in [2.05, 4.69) is 0 Å². The Balaban J connectivity index is 0.00000136. The molecule has 0 fully saturated rings. The summed E-state index contributed by atoms with van der Waals surface area (Å²) in [6, 6.07) is 15.2. The molecule has 3 aromatic rings. The first-order chi connectivity index (χ1) is 13.5. The lowest BCUT2D eigenvalue weighted by atomic mass is 9.94. The Morgan fingerprint density at radius 1 is 0.821 bits per heavy atom. The van der Waals surface area contributed by atoms with Crippen molar-refractivity contribution in [2.75, 3.05) is 0 Å². The molecule has 0 amide bonds. The zero-order valence-electron chi connectivity index (χ0n) is 16.2. The van der Waals surface area contributed by atoms with E-state index in [0.29, 0.717) is 5.56 Å². The van der Waals surface area contributed by atoms with E-state index >= 15 is 0 Å². The van der Waals surface area contributed by atoms with Crippen molar-refractivity contribution in [3.63, 3.8) is 0 Å². The molecule has 0 aliphatic rings. The fourth-order valence-electron chi connectivity index (χ4n) is 3.09. The van der Waals surface area contributed by atoms with Gasteiger partial charge in [0.2, 0.25) is 0 Å². The van der Waals surface area contributed by atoms with Gasteiger partial charge >= 0.3 is 0 Å². The Morgan fingerprint density at radius 3 is 1.89 bits per heavy atom. The molecule has 0 unspecified atom stereocenters. The average Bonchev–Trinajstić information content (AvgIpc) is 2.72. The number of rotatable bonds is 5. The molecule has 146 valence electrons. The highest BCUT2D eigenvalue weighted by Gasteiger charge is 2.20. The van der Waals surface area contributed by atoms with Gasteiger partial charge in [0.05, 0.1) is 10.5 Å². The lowest BCUT2D eigenvalue weighted by Crippen LogP contribution is -1.97. The van der Waals surface area contributed by atoms with Gasteiger partial charge in [0, 0.05) is 17.2 Å². The largest absolute Gasteiger partial charge is 0.277 e. The summed E-state index contributed by atoms with van der Waals surface area (Å²) >= 11 is 0. The number of hydrogen-bond acceptors (Lipinski definition) is 2. The molecule has 0 radical (unpaired) electrons. The Bertz CT molecular complexity index is 971. The maximum absolute atomic E-state index is 14.8. The van der Waals surface area contributed by atoms with E-state index < -0.39 is 16.6 Å². The third-order valence-corrected chi connectivity index (χ3v) is 4.27. The van der Waals surface area contributed by atoms with Gasteiger partial charge in [0.25, 0.3) is 5.69 Å². The van der Waals surface area contributed by atoms with Crippen LogP contribution in [0.15, 0.2) is 60.7 Å². The van der Waals surface area contributed by atoms with Gasteiger partial charge in [-0.05, 0) is 35.7 Å². The third-order valence-electron chi connectivity index (χ3n) is 4.27. The zero-order valence-corrected chi connectivity index (χ0v) is 16.2. The highest BCUT2D eigenvalue weighted by Crippen LogP contribution is 2.36. The molecule has 0 saturated heterocycles. The summed E-state index contributed by atoms with van der Waals surface area (Å²) in [5, 5.41) is 11.2. The summed E-state index contributed by atoms with van der Waals surface area (Å²) in [6.07, 6.45) is 1.64. The smallest absolute Gasteiger partial charge is 0.258 e. The third kappa shape index (κ3) is 4.42. The van der Waals surface area contributed by atoms with Crippen molar-refractivity contribution in [1.82, 2.24) is 0 Å². The molecule has 0 heterocycles. The van der Waals surface area contributed by atoms with Crippen LogP contribution in [-0.2, 0) is 6.42 Å². The molecular weight excluding hydrogens is 360 g/mol. The Morgan fingerprint density at radius 2 is 1.32 bits per heavy atom. The minimum Gasteiger partial charge on any atom is -0.258 e. The topological polar surface area (TPSA) is 43.1 Å². The van der Waals surface area contributed by atoms with E-state index in [1.807, 2.05) is 32.9 Å². The maximum Gasteiger partial charge on any atom is 0.277 e. The monoisotopic (exact) mass is 383 g/mol. The molecule has 5 heteroatoms. The second kappa shape index (κ2) is 9.74. The SMILES string of the molecule is CC.CCCc1ccccc1-c1cc(F)c(-c2ccccc2[N+](=O)[O-])cc1F. The summed E-state index contributed by atoms with van der Waals surface area (Å²) in [7, 11) is 0. The predicted molar refractivity (Wildman–Crippen MR) is 109 cm³/mol. The van der Waals surface area contributed by atoms with E-state index in [1.165, 1.54) is 18.2 Å². The van der Waals surface area contributed by atoms with Crippen LogP contribution >= 0.6 is 0 Å². The first-order valence-corrected chi connectivity index (χ1v) is 9.34. The lowest BCUT2D eigenvalue weighted by molar-refractivity contribution is -0.384. The van der Waals surface area contributed by atoms with E-state index in [1.54, 1.807) is 18.2 Å². The molecule has 3 rings (SSSR count). The summed E-state index contributed by atoms with van der Waals surface area (Å²) in [5.74, 6) is -1.30. The van der Waals surface area contributed by atoms with Gasteiger partial charge in [0.15, 0.2) is 0 Å². The quantitative estimate of drug-likeness (QED) is 0.346. The molecule has 28 heavy (non-hydrogen) atoms. The standard InChI is InChI=1S/C21H17F2NO2.C2H6/c1-2-7-14-8-3-4-9-15(14)17-12-20(23)18(13-19(17)22)16-10-5-6-11-21(16)24(25)26;1-2/h3-6,8-13H,2,7H2,1H3;1-2H3. The summed E-state index contributed by atoms with van der Waals surface area (Å²) in [6.45, 7) is 6.02. The van der Waals surface area contributed by atoms with Crippen molar-refractivity contribution in [2.24, 2.45) is 0 Å². The fourth-order valence-corrected chi connectivity index (χ4v) is 3.09. The molecule has 3 nitrogen and oxygen atoms in total. The van der Waals surface area contributed by atoms with E-state index in [9.17, 15) is 18.9 Å². The van der Waals surface area contributed by atoms with Gasteiger partial charge in [-0.3, -0.25) is 10.1 Å². The molecule has 0 saturated carbocycles. The average molecular weight is 383 g/mol. The molecule has 0 bridgehead atoms. The van der Waals surface area contributed by atoms with E-state index in [-0.39, 0.29) is 22.4 Å². The molecule has 0 spiro atoms. The van der Waals surface area contributed by atoms with Crippen LogP contribution in [0.4, 0.5) is 14.5 Å². The van der Waals surface area contributed by atoms with Crippen molar-refractivity contribution in [1.29, 1.82) is 0 Å². The molecule has 0 N–H and O–H groups in total. The molecule has 3 aromatic carbocycles. The van der Waals surface area contributed by atoms with Crippen LogP contribution in [0.1, 0.15) is 32.8 Å². The maximum atomic E-state index is 14.8. The Kier molecular flexibility index (Phi) is 7.38. The number of halogens is 2. The molecule has 0 aliphatic heterocycles.